The number of aryl methyl sites for hydroxylation is 1. The summed E-state index contributed by atoms with van der Waals surface area (Å²) in [5.41, 5.74) is -0.140. The molecule has 0 N–H and O–H groups in total. The van der Waals surface area contributed by atoms with Crippen LogP contribution < -0.4 is 5.56 Å². The van der Waals surface area contributed by atoms with E-state index in [1.807, 2.05) is 0 Å². The summed E-state index contributed by atoms with van der Waals surface area (Å²) in [5, 5.41) is 0.171. The summed E-state index contributed by atoms with van der Waals surface area (Å²) in [7, 11) is 0. The molecule has 0 atom stereocenters. The van der Waals surface area contributed by atoms with E-state index < -0.39 is 0 Å². The van der Waals surface area contributed by atoms with Gasteiger partial charge in [0.25, 0.3) is 5.56 Å². The van der Waals surface area contributed by atoms with Crippen molar-refractivity contribution in [2.24, 2.45) is 0 Å². The lowest BCUT2D eigenvalue weighted by Gasteiger charge is -2.03. The van der Waals surface area contributed by atoms with Gasteiger partial charge < -0.3 is 0 Å². The van der Waals surface area contributed by atoms with Crippen molar-refractivity contribution in [3.8, 4) is 0 Å². The monoisotopic (exact) mass is 351 g/mol. The molecule has 0 unspecified atom stereocenters. The molecule has 1 aromatic rings. The molecule has 0 radical (unpaired) electrons. The van der Waals surface area contributed by atoms with Crippen LogP contribution in [0.15, 0.2) is 4.79 Å². The smallest absolute Gasteiger partial charge is 0.267 e. The molecule has 0 aliphatic carbocycles. The first-order valence-electron chi connectivity index (χ1n) is 8.22. The molecule has 0 saturated carbocycles. The van der Waals surface area contributed by atoms with Gasteiger partial charge in [-0.25, -0.2) is 0 Å². The van der Waals surface area contributed by atoms with Gasteiger partial charge in [-0.3, -0.25) is 8.75 Å². The highest BCUT2D eigenvalue weighted by Crippen LogP contribution is 2.23. The van der Waals surface area contributed by atoms with Crippen LogP contribution >= 0.6 is 34.7 Å². The van der Waals surface area contributed by atoms with Gasteiger partial charge >= 0.3 is 0 Å². The summed E-state index contributed by atoms with van der Waals surface area (Å²) in [4.78, 5) is 11.7. The van der Waals surface area contributed by atoms with Crippen LogP contribution in [0.25, 0.3) is 0 Å². The molecule has 1 aromatic heterocycles. The third-order valence-electron chi connectivity index (χ3n) is 3.74. The van der Waals surface area contributed by atoms with Gasteiger partial charge in [0, 0.05) is 6.54 Å². The van der Waals surface area contributed by atoms with Crippen LogP contribution in [-0.2, 0) is 6.54 Å². The van der Waals surface area contributed by atoms with Gasteiger partial charge in [0.05, 0.1) is 0 Å². The van der Waals surface area contributed by atoms with Crippen molar-refractivity contribution in [1.82, 2.24) is 3.96 Å². The number of hydrogen-bond acceptors (Lipinski definition) is 2. The van der Waals surface area contributed by atoms with Crippen molar-refractivity contribution < 1.29 is 0 Å². The number of nitrogens with zero attached hydrogens (tertiary/aromatic N) is 1. The molecule has 0 aliphatic heterocycles. The highest BCUT2D eigenvalue weighted by molar-refractivity contribution is 7.11. The van der Waals surface area contributed by atoms with Crippen LogP contribution in [0.1, 0.15) is 77.6 Å². The van der Waals surface area contributed by atoms with Crippen LogP contribution in [0.4, 0.5) is 0 Å². The lowest BCUT2D eigenvalue weighted by Crippen LogP contribution is -2.13. The normalized spacial score (nSPS) is 11.2. The van der Waals surface area contributed by atoms with Gasteiger partial charge in [-0.15, -0.1) is 0 Å². The van der Waals surface area contributed by atoms with Crippen LogP contribution in [0.5, 0.6) is 0 Å². The van der Waals surface area contributed by atoms with Gasteiger partial charge in [0.1, 0.15) is 9.36 Å². The van der Waals surface area contributed by atoms with Crippen LogP contribution in [0.3, 0.4) is 0 Å². The Bertz CT molecular complexity index is 442. The fourth-order valence-electron chi connectivity index (χ4n) is 2.44. The van der Waals surface area contributed by atoms with Gasteiger partial charge in [-0.1, -0.05) is 94.3 Å². The number of halogens is 2. The summed E-state index contributed by atoms with van der Waals surface area (Å²) in [6.07, 6.45) is 14.4. The molecule has 0 bridgehead atoms. The zero-order valence-corrected chi connectivity index (χ0v) is 15.3. The van der Waals surface area contributed by atoms with E-state index in [4.69, 9.17) is 23.2 Å². The Morgan fingerprint density at radius 2 is 1.33 bits per heavy atom. The van der Waals surface area contributed by atoms with E-state index >= 15 is 0 Å². The Morgan fingerprint density at radius 1 is 0.857 bits per heavy atom. The van der Waals surface area contributed by atoms with Gasteiger partial charge in [0.15, 0.2) is 0 Å². The molecule has 122 valence electrons. The molecule has 1 heterocycles. The second-order valence-electron chi connectivity index (χ2n) is 5.62. The predicted molar refractivity (Wildman–Crippen MR) is 95.1 cm³/mol. The second-order valence-corrected chi connectivity index (χ2v) is 7.63. The molecule has 0 aromatic carbocycles. The number of rotatable bonds is 12. The Hall–Kier alpha value is 0.01000. The van der Waals surface area contributed by atoms with Gasteiger partial charge in [-0.2, -0.15) is 0 Å². The third-order valence-corrected chi connectivity index (χ3v) is 5.63. The minimum absolute atomic E-state index is 0.140. The van der Waals surface area contributed by atoms with Crippen molar-refractivity contribution in [2.45, 2.75) is 84.1 Å². The molecule has 0 aliphatic rings. The first-order chi connectivity index (χ1) is 10.2. The number of hydrogen-bond donors (Lipinski definition) is 0. The van der Waals surface area contributed by atoms with Crippen molar-refractivity contribution in [3.05, 3.63) is 19.7 Å². The molecule has 2 nitrogen and oxygen atoms in total. The molecule has 0 saturated heterocycles. The maximum Gasteiger partial charge on any atom is 0.280 e. The molecule has 21 heavy (non-hydrogen) atoms. The van der Waals surface area contributed by atoms with Crippen molar-refractivity contribution >= 4 is 34.7 Å². The van der Waals surface area contributed by atoms with Gasteiger partial charge in [0.2, 0.25) is 0 Å². The quantitative estimate of drug-likeness (QED) is 0.392. The van der Waals surface area contributed by atoms with Crippen molar-refractivity contribution in [1.29, 1.82) is 0 Å². The standard InChI is InChI=1S/C16H27Cl2NOS/c1-2-3-4-5-6-7-8-9-10-11-12-13-19-16(20)14(17)15(18)21-19/h2-13H2,1H3. The van der Waals surface area contributed by atoms with E-state index in [0.29, 0.717) is 4.34 Å². The second kappa shape index (κ2) is 11.6. The average Bonchev–Trinajstić information content (AvgIpc) is 2.72. The largest absolute Gasteiger partial charge is 0.280 e. The Kier molecular flexibility index (Phi) is 10.5. The van der Waals surface area contributed by atoms with E-state index in [0.717, 1.165) is 13.0 Å². The molecule has 0 amide bonds. The molecule has 0 fully saturated rings. The molecule has 1 rings (SSSR count). The van der Waals surface area contributed by atoms with Crippen molar-refractivity contribution in [3.63, 3.8) is 0 Å². The van der Waals surface area contributed by atoms with E-state index in [1.54, 1.807) is 3.96 Å². The van der Waals surface area contributed by atoms with E-state index in [2.05, 4.69) is 6.92 Å². The Morgan fingerprint density at radius 3 is 1.76 bits per heavy atom. The van der Waals surface area contributed by atoms with Crippen LogP contribution in [0.2, 0.25) is 9.36 Å². The first-order valence-corrected chi connectivity index (χ1v) is 9.75. The fourth-order valence-corrected chi connectivity index (χ4v) is 3.78. The predicted octanol–water partition coefficient (Wildman–Crippen LogP) is 6.53. The number of unbranched alkanes of at least 4 members (excludes halogenated alkanes) is 10. The number of aromatic nitrogens is 1. The first kappa shape index (κ1) is 19.1. The fraction of sp³-hybridized carbons (Fsp3) is 0.812. The van der Waals surface area contributed by atoms with Gasteiger partial charge in [-0.05, 0) is 18.0 Å². The highest BCUT2D eigenvalue weighted by Gasteiger charge is 2.10. The summed E-state index contributed by atoms with van der Waals surface area (Å²) in [6, 6.07) is 0. The maximum absolute atomic E-state index is 11.7. The minimum Gasteiger partial charge on any atom is -0.267 e. The van der Waals surface area contributed by atoms with E-state index in [1.165, 1.54) is 75.7 Å². The minimum atomic E-state index is -0.140. The SMILES string of the molecule is CCCCCCCCCCCCCn1sc(Cl)c(Cl)c1=O. The van der Waals surface area contributed by atoms with E-state index in [-0.39, 0.29) is 10.6 Å². The summed E-state index contributed by atoms with van der Waals surface area (Å²) < 4.78 is 2.07. The summed E-state index contributed by atoms with van der Waals surface area (Å²) >= 11 is 12.9. The Balaban J connectivity index is 1.95. The zero-order valence-electron chi connectivity index (χ0n) is 13.0. The highest BCUT2D eigenvalue weighted by atomic mass is 35.5. The van der Waals surface area contributed by atoms with Crippen LogP contribution in [-0.4, -0.2) is 3.96 Å². The molecule has 0 spiro atoms. The third kappa shape index (κ3) is 7.71. The summed E-state index contributed by atoms with van der Waals surface area (Å²) in [5.74, 6) is 0. The molecular weight excluding hydrogens is 325 g/mol. The van der Waals surface area contributed by atoms with Crippen LogP contribution in [0, 0.1) is 0 Å². The molecule has 5 heteroatoms. The zero-order chi connectivity index (χ0) is 15.5. The molecular formula is C16H27Cl2NOS. The topological polar surface area (TPSA) is 22.0 Å². The maximum atomic E-state index is 11.7. The van der Waals surface area contributed by atoms with Crippen molar-refractivity contribution in [2.75, 3.05) is 0 Å². The lowest BCUT2D eigenvalue weighted by atomic mass is 10.1. The average molecular weight is 352 g/mol. The Labute approximate surface area is 142 Å². The van der Waals surface area contributed by atoms with E-state index in [9.17, 15) is 4.79 Å². The summed E-state index contributed by atoms with van der Waals surface area (Å²) in [6.45, 7) is 3.00. The lowest BCUT2D eigenvalue weighted by molar-refractivity contribution is 0.536.